The third-order valence-corrected chi connectivity index (χ3v) is 4.91. The van der Waals surface area contributed by atoms with Crippen LogP contribution in [0.2, 0.25) is 0 Å². The molecule has 1 unspecified atom stereocenters. The predicted molar refractivity (Wildman–Crippen MR) is 93.4 cm³/mol. The van der Waals surface area contributed by atoms with Gasteiger partial charge in [-0.3, -0.25) is 4.90 Å². The molecule has 4 rings (SSSR count). The van der Waals surface area contributed by atoms with Gasteiger partial charge in [-0.15, -0.1) is 0 Å². The second-order valence-electron chi connectivity index (χ2n) is 6.56. The minimum Gasteiger partial charge on any atom is -0.348 e. The van der Waals surface area contributed by atoms with Gasteiger partial charge in [-0.1, -0.05) is 13.0 Å². The molecule has 1 atom stereocenters. The Labute approximate surface area is 150 Å². The molecule has 0 fully saturated rings. The number of hydrogen-bond acceptors (Lipinski definition) is 3. The predicted octanol–water partition coefficient (Wildman–Crippen LogP) is 3.44. The highest BCUT2D eigenvalue weighted by molar-refractivity contribution is 5.34. The van der Waals surface area contributed by atoms with Crippen LogP contribution in [0.25, 0.3) is 0 Å². The van der Waals surface area contributed by atoms with Crippen molar-refractivity contribution in [2.75, 3.05) is 6.54 Å². The summed E-state index contributed by atoms with van der Waals surface area (Å²) >= 11 is 0. The Hall–Kier alpha value is -2.54. The maximum Gasteiger partial charge on any atom is 0.131 e. The molecule has 0 saturated carbocycles. The highest BCUT2D eigenvalue weighted by Gasteiger charge is 2.35. The van der Waals surface area contributed by atoms with E-state index in [0.29, 0.717) is 18.8 Å². The summed E-state index contributed by atoms with van der Waals surface area (Å²) in [6.45, 7) is 4.16. The van der Waals surface area contributed by atoms with Crippen molar-refractivity contribution < 1.29 is 8.78 Å². The van der Waals surface area contributed by atoms with Gasteiger partial charge in [0, 0.05) is 43.2 Å². The molecular weight excluding hydrogens is 336 g/mol. The van der Waals surface area contributed by atoms with Crippen LogP contribution in [0.3, 0.4) is 0 Å². The second-order valence-corrected chi connectivity index (χ2v) is 6.56. The molecule has 1 aliphatic rings. The molecule has 0 spiro atoms. The first kappa shape index (κ1) is 16.9. The number of aromatic amines is 1. The van der Waals surface area contributed by atoms with E-state index in [2.05, 4.69) is 31.3 Å². The fourth-order valence-corrected chi connectivity index (χ4v) is 3.70. The number of fused-ring (bicyclic) bond motifs is 1. The number of imidazole rings is 2. The van der Waals surface area contributed by atoms with Gasteiger partial charge in [0.1, 0.15) is 17.5 Å². The van der Waals surface area contributed by atoms with Crippen LogP contribution in [0, 0.1) is 11.6 Å². The fourth-order valence-electron chi connectivity index (χ4n) is 3.70. The summed E-state index contributed by atoms with van der Waals surface area (Å²) in [5.74, 6) is -0.201. The smallest absolute Gasteiger partial charge is 0.131 e. The molecule has 136 valence electrons. The van der Waals surface area contributed by atoms with Crippen molar-refractivity contribution in [3.8, 4) is 0 Å². The van der Waals surface area contributed by atoms with E-state index in [1.165, 1.54) is 18.2 Å². The Morgan fingerprint density at radius 1 is 1.23 bits per heavy atom. The first-order valence-corrected chi connectivity index (χ1v) is 8.89. The van der Waals surface area contributed by atoms with Crippen LogP contribution in [-0.2, 0) is 19.5 Å². The lowest BCUT2D eigenvalue weighted by Crippen LogP contribution is -2.37. The van der Waals surface area contributed by atoms with Gasteiger partial charge in [-0.25, -0.2) is 18.7 Å². The van der Waals surface area contributed by atoms with Crippen LogP contribution in [0.5, 0.6) is 0 Å². The third-order valence-electron chi connectivity index (χ3n) is 4.91. The van der Waals surface area contributed by atoms with Crippen LogP contribution >= 0.6 is 0 Å². The van der Waals surface area contributed by atoms with Gasteiger partial charge in [0.05, 0.1) is 24.6 Å². The minimum atomic E-state index is -0.571. The lowest BCUT2D eigenvalue weighted by molar-refractivity contribution is 0.185. The number of H-pyrrole nitrogens is 1. The molecule has 5 nitrogen and oxygen atoms in total. The first-order chi connectivity index (χ1) is 12.7. The average molecular weight is 357 g/mol. The van der Waals surface area contributed by atoms with Gasteiger partial charge >= 0.3 is 0 Å². The number of aryl methyl sites for hydroxylation is 1. The normalized spacial score (nSPS) is 17.4. The molecule has 1 N–H and O–H groups in total. The van der Waals surface area contributed by atoms with Gasteiger partial charge in [0.25, 0.3) is 0 Å². The lowest BCUT2D eigenvalue weighted by atomic mass is 9.94. The zero-order chi connectivity index (χ0) is 18.1. The fraction of sp³-hybridized carbons (Fsp3) is 0.368. The maximum absolute atomic E-state index is 14.6. The van der Waals surface area contributed by atoms with E-state index in [1.54, 1.807) is 12.5 Å². The van der Waals surface area contributed by atoms with E-state index >= 15 is 0 Å². The Morgan fingerprint density at radius 2 is 2.04 bits per heavy atom. The summed E-state index contributed by atoms with van der Waals surface area (Å²) < 4.78 is 31.2. The molecule has 0 bridgehead atoms. The quantitative estimate of drug-likeness (QED) is 0.761. The summed E-state index contributed by atoms with van der Waals surface area (Å²) in [4.78, 5) is 14.0. The Bertz CT molecular complexity index is 881. The SMILES string of the molecule is CCCn1ccnc1CN1CCc2[nH]cnc2C1c1c(F)cccc1F. The van der Waals surface area contributed by atoms with Gasteiger partial charge in [-0.05, 0) is 18.6 Å². The molecule has 0 amide bonds. The van der Waals surface area contributed by atoms with Crippen molar-refractivity contribution in [1.82, 2.24) is 24.4 Å². The summed E-state index contributed by atoms with van der Waals surface area (Å²) in [7, 11) is 0. The maximum atomic E-state index is 14.6. The molecule has 1 aromatic carbocycles. The van der Waals surface area contributed by atoms with Crippen molar-refractivity contribution in [2.45, 2.75) is 38.9 Å². The number of rotatable bonds is 5. The van der Waals surface area contributed by atoms with Gasteiger partial charge in [-0.2, -0.15) is 0 Å². The van der Waals surface area contributed by atoms with Crippen molar-refractivity contribution >= 4 is 0 Å². The van der Waals surface area contributed by atoms with Gasteiger partial charge in [0.15, 0.2) is 0 Å². The van der Waals surface area contributed by atoms with Crippen LogP contribution in [0.15, 0.2) is 36.9 Å². The Morgan fingerprint density at radius 3 is 2.81 bits per heavy atom. The molecule has 0 saturated heterocycles. The van der Waals surface area contributed by atoms with Crippen LogP contribution in [0.4, 0.5) is 8.78 Å². The number of nitrogens with one attached hydrogen (secondary N) is 1. The molecule has 0 radical (unpaired) electrons. The Kier molecular flexibility index (Phi) is 4.55. The number of benzene rings is 1. The van der Waals surface area contributed by atoms with E-state index in [1.807, 2.05) is 6.20 Å². The molecule has 26 heavy (non-hydrogen) atoms. The van der Waals surface area contributed by atoms with Gasteiger partial charge in [0.2, 0.25) is 0 Å². The van der Waals surface area contributed by atoms with E-state index in [4.69, 9.17) is 0 Å². The largest absolute Gasteiger partial charge is 0.348 e. The molecule has 1 aliphatic heterocycles. The summed E-state index contributed by atoms with van der Waals surface area (Å²) in [5, 5.41) is 0. The number of nitrogens with zero attached hydrogens (tertiary/aromatic N) is 4. The van der Waals surface area contributed by atoms with Crippen molar-refractivity contribution in [2.24, 2.45) is 0 Å². The molecule has 7 heteroatoms. The molecule has 3 aromatic rings. The third kappa shape index (κ3) is 2.92. The summed E-state index contributed by atoms with van der Waals surface area (Å²) in [6.07, 6.45) is 7.07. The van der Waals surface area contributed by atoms with Crippen LogP contribution < -0.4 is 0 Å². The zero-order valence-corrected chi connectivity index (χ0v) is 14.6. The molecular formula is C19H21F2N5. The van der Waals surface area contributed by atoms with E-state index in [9.17, 15) is 8.78 Å². The summed E-state index contributed by atoms with van der Waals surface area (Å²) in [5.41, 5.74) is 1.67. The van der Waals surface area contributed by atoms with Crippen molar-refractivity contribution in [1.29, 1.82) is 0 Å². The molecule has 2 aromatic heterocycles. The topological polar surface area (TPSA) is 49.7 Å². The number of hydrogen-bond donors (Lipinski definition) is 1. The minimum absolute atomic E-state index is 0.0501. The zero-order valence-electron chi connectivity index (χ0n) is 14.6. The monoisotopic (exact) mass is 357 g/mol. The number of halogens is 2. The first-order valence-electron chi connectivity index (χ1n) is 8.89. The van der Waals surface area contributed by atoms with Crippen molar-refractivity contribution in [3.63, 3.8) is 0 Å². The molecule has 3 heterocycles. The van der Waals surface area contributed by atoms with Crippen molar-refractivity contribution in [3.05, 3.63) is 71.3 Å². The second kappa shape index (κ2) is 6.99. The highest BCUT2D eigenvalue weighted by atomic mass is 19.1. The summed E-state index contributed by atoms with van der Waals surface area (Å²) in [6, 6.07) is 3.42. The van der Waals surface area contributed by atoms with E-state index in [0.717, 1.165) is 30.9 Å². The van der Waals surface area contributed by atoms with Crippen LogP contribution in [-0.4, -0.2) is 31.0 Å². The van der Waals surface area contributed by atoms with E-state index < -0.39 is 17.7 Å². The van der Waals surface area contributed by atoms with Crippen LogP contribution in [0.1, 0.15) is 42.2 Å². The molecule has 0 aliphatic carbocycles. The average Bonchev–Trinajstić information content (AvgIpc) is 3.26. The lowest BCUT2D eigenvalue weighted by Gasteiger charge is -2.35. The van der Waals surface area contributed by atoms with Gasteiger partial charge < -0.3 is 9.55 Å². The van der Waals surface area contributed by atoms with E-state index in [-0.39, 0.29) is 5.56 Å². The Balaban J connectivity index is 1.75. The highest BCUT2D eigenvalue weighted by Crippen LogP contribution is 2.36. The number of aromatic nitrogens is 4. The standard InChI is InChI=1S/C19H21F2N5/c1-2-8-25-10-7-22-16(25)11-26-9-6-15-18(24-12-23-15)19(26)17-13(20)4-3-5-14(17)21/h3-5,7,10,12,19H,2,6,8-9,11H2,1H3,(H,23,24).